The first-order valence-electron chi connectivity index (χ1n) is 7.80. The molecular formula is C15H28N6O. The lowest BCUT2D eigenvalue weighted by Gasteiger charge is -2.36. The van der Waals surface area contributed by atoms with Crippen molar-refractivity contribution in [1.29, 1.82) is 0 Å². The monoisotopic (exact) mass is 308 g/mol. The first kappa shape index (κ1) is 16.8. The van der Waals surface area contributed by atoms with Crippen LogP contribution in [0.2, 0.25) is 0 Å². The minimum absolute atomic E-state index is 0.142. The Hall–Kier alpha value is -1.60. The number of nitrogen functional groups attached to an aromatic ring is 1. The van der Waals surface area contributed by atoms with Crippen molar-refractivity contribution in [2.75, 3.05) is 56.9 Å². The normalized spacial score (nSPS) is 18.2. The quantitative estimate of drug-likeness (QED) is 0.812. The molecule has 1 aromatic rings. The minimum atomic E-state index is 0.142. The molecule has 3 N–H and O–H groups in total. The van der Waals surface area contributed by atoms with Crippen LogP contribution in [0, 0.1) is 0 Å². The van der Waals surface area contributed by atoms with E-state index < -0.39 is 0 Å². The van der Waals surface area contributed by atoms with Crippen molar-refractivity contribution in [3.63, 3.8) is 0 Å². The predicted molar refractivity (Wildman–Crippen MR) is 90.3 cm³/mol. The van der Waals surface area contributed by atoms with Gasteiger partial charge in [0, 0.05) is 26.2 Å². The Morgan fingerprint density at radius 3 is 2.77 bits per heavy atom. The van der Waals surface area contributed by atoms with Gasteiger partial charge in [0.15, 0.2) is 11.6 Å². The second kappa shape index (κ2) is 7.60. The van der Waals surface area contributed by atoms with Gasteiger partial charge in [-0.15, -0.1) is 0 Å². The number of nitrogens with zero attached hydrogens (tertiary/aromatic N) is 4. The highest BCUT2D eigenvalue weighted by atomic mass is 16.5. The molecule has 1 fully saturated rings. The molecule has 0 saturated carbocycles. The number of methoxy groups -OCH3 is 1. The van der Waals surface area contributed by atoms with Crippen molar-refractivity contribution in [2.24, 2.45) is 0 Å². The Kier molecular flexibility index (Phi) is 5.79. The van der Waals surface area contributed by atoms with Gasteiger partial charge in [-0.25, -0.2) is 9.97 Å². The minimum Gasteiger partial charge on any atom is -0.393 e. The molecule has 7 nitrogen and oxygen atoms in total. The molecule has 2 rings (SSSR count). The van der Waals surface area contributed by atoms with Crippen LogP contribution in [-0.2, 0) is 4.74 Å². The van der Waals surface area contributed by atoms with E-state index in [1.165, 1.54) is 0 Å². The third-order valence-corrected chi connectivity index (χ3v) is 4.23. The van der Waals surface area contributed by atoms with Crippen LogP contribution in [0.25, 0.3) is 0 Å². The van der Waals surface area contributed by atoms with Crippen molar-refractivity contribution >= 4 is 17.3 Å². The summed E-state index contributed by atoms with van der Waals surface area (Å²) < 4.78 is 5.14. The number of nitrogens with two attached hydrogens (primary N) is 1. The second-order valence-electron chi connectivity index (χ2n) is 6.11. The Balaban J connectivity index is 2.10. The summed E-state index contributed by atoms with van der Waals surface area (Å²) in [5, 5.41) is 3.28. The van der Waals surface area contributed by atoms with Gasteiger partial charge in [-0.3, -0.25) is 0 Å². The van der Waals surface area contributed by atoms with E-state index in [-0.39, 0.29) is 6.04 Å². The molecule has 1 atom stereocenters. The average Bonchev–Trinajstić information content (AvgIpc) is 2.50. The second-order valence-corrected chi connectivity index (χ2v) is 6.11. The summed E-state index contributed by atoms with van der Waals surface area (Å²) in [7, 11) is 5.91. The zero-order valence-electron chi connectivity index (χ0n) is 14.0. The van der Waals surface area contributed by atoms with Crippen molar-refractivity contribution in [1.82, 2.24) is 14.9 Å². The van der Waals surface area contributed by atoms with E-state index in [2.05, 4.69) is 39.2 Å². The van der Waals surface area contributed by atoms with Crippen LogP contribution >= 0.6 is 0 Å². The maximum atomic E-state index is 6.28. The molecule has 1 aromatic heterocycles. The summed E-state index contributed by atoms with van der Waals surface area (Å²) >= 11 is 0. The third kappa shape index (κ3) is 3.98. The van der Waals surface area contributed by atoms with E-state index in [4.69, 9.17) is 10.5 Å². The van der Waals surface area contributed by atoms with Gasteiger partial charge in [0.1, 0.15) is 12.0 Å². The summed E-state index contributed by atoms with van der Waals surface area (Å²) in [4.78, 5) is 13.2. The number of hydrogen-bond acceptors (Lipinski definition) is 7. The van der Waals surface area contributed by atoms with Crippen LogP contribution in [0.4, 0.5) is 17.3 Å². The topological polar surface area (TPSA) is 79.5 Å². The molecule has 22 heavy (non-hydrogen) atoms. The lowest BCUT2D eigenvalue weighted by Crippen LogP contribution is -2.42. The van der Waals surface area contributed by atoms with Gasteiger partial charge >= 0.3 is 0 Å². The van der Waals surface area contributed by atoms with Crippen LogP contribution in [0.1, 0.15) is 19.8 Å². The highest BCUT2D eigenvalue weighted by Crippen LogP contribution is 2.29. The molecule has 0 spiro atoms. The molecule has 7 heteroatoms. The molecule has 1 aliphatic rings. The molecule has 1 unspecified atom stereocenters. The van der Waals surface area contributed by atoms with Gasteiger partial charge in [0.2, 0.25) is 0 Å². The Bertz CT molecular complexity index is 475. The number of piperidine rings is 1. The molecule has 124 valence electrons. The molecule has 1 saturated heterocycles. The number of likely N-dealkylation sites (tertiary alicyclic amines) is 1. The number of anilines is 3. The standard InChI is InChI=1S/C15H28N6O/c1-11(9-22-4)19-14-13(16)15(18-10-17-14)21(3)12-5-7-20(2)8-6-12/h10-12H,5-9,16H2,1-4H3,(H,17,18,19). The number of nitrogens with one attached hydrogen (secondary N) is 1. The van der Waals surface area contributed by atoms with E-state index in [1.807, 2.05) is 6.92 Å². The SMILES string of the molecule is COCC(C)Nc1ncnc(N(C)C2CCN(C)CC2)c1N. The van der Waals surface area contributed by atoms with Gasteiger partial charge in [-0.05, 0) is 39.9 Å². The van der Waals surface area contributed by atoms with Gasteiger partial charge < -0.3 is 25.6 Å². The first-order chi connectivity index (χ1) is 10.5. The van der Waals surface area contributed by atoms with Gasteiger partial charge in [0.05, 0.1) is 6.61 Å². The lowest BCUT2D eigenvalue weighted by molar-refractivity contribution is 0.190. The van der Waals surface area contributed by atoms with E-state index >= 15 is 0 Å². The zero-order chi connectivity index (χ0) is 16.1. The summed E-state index contributed by atoms with van der Waals surface area (Å²) in [6.45, 7) is 4.85. The van der Waals surface area contributed by atoms with Crippen LogP contribution in [0.15, 0.2) is 6.33 Å². The highest BCUT2D eigenvalue weighted by Gasteiger charge is 2.24. The van der Waals surface area contributed by atoms with Gasteiger partial charge in [-0.2, -0.15) is 0 Å². The fourth-order valence-electron chi connectivity index (χ4n) is 2.86. The van der Waals surface area contributed by atoms with Crippen molar-refractivity contribution < 1.29 is 4.74 Å². The van der Waals surface area contributed by atoms with E-state index in [1.54, 1.807) is 13.4 Å². The van der Waals surface area contributed by atoms with E-state index in [9.17, 15) is 0 Å². The van der Waals surface area contributed by atoms with Crippen LogP contribution in [0.5, 0.6) is 0 Å². The van der Waals surface area contributed by atoms with Crippen LogP contribution in [0.3, 0.4) is 0 Å². The highest BCUT2D eigenvalue weighted by molar-refractivity contribution is 5.75. The molecule has 2 heterocycles. The predicted octanol–water partition coefficient (Wildman–Crippen LogP) is 1.04. The van der Waals surface area contributed by atoms with Gasteiger partial charge in [0.25, 0.3) is 0 Å². The summed E-state index contributed by atoms with van der Waals surface area (Å²) in [5.41, 5.74) is 6.89. The molecule has 0 aromatic carbocycles. The molecule has 0 amide bonds. The largest absolute Gasteiger partial charge is 0.393 e. The Morgan fingerprint density at radius 1 is 1.45 bits per heavy atom. The Morgan fingerprint density at radius 2 is 2.14 bits per heavy atom. The number of ether oxygens (including phenoxy) is 1. The fourth-order valence-corrected chi connectivity index (χ4v) is 2.86. The summed E-state index contributed by atoms with van der Waals surface area (Å²) in [6.07, 6.45) is 3.82. The van der Waals surface area contributed by atoms with E-state index in [0.717, 1.165) is 31.7 Å². The van der Waals surface area contributed by atoms with Crippen molar-refractivity contribution in [2.45, 2.75) is 31.8 Å². The smallest absolute Gasteiger partial charge is 0.157 e. The summed E-state index contributed by atoms with van der Waals surface area (Å²) in [5.74, 6) is 1.48. The third-order valence-electron chi connectivity index (χ3n) is 4.23. The molecule has 0 aliphatic carbocycles. The van der Waals surface area contributed by atoms with E-state index in [0.29, 0.717) is 24.2 Å². The zero-order valence-corrected chi connectivity index (χ0v) is 14.0. The van der Waals surface area contributed by atoms with Crippen LogP contribution in [-0.4, -0.2) is 67.9 Å². The number of rotatable bonds is 6. The Labute approximate surface area is 132 Å². The number of aromatic nitrogens is 2. The molecule has 1 aliphatic heterocycles. The molecular weight excluding hydrogens is 280 g/mol. The average molecular weight is 308 g/mol. The molecule has 0 bridgehead atoms. The molecule has 0 radical (unpaired) electrons. The van der Waals surface area contributed by atoms with Crippen LogP contribution < -0.4 is 16.0 Å². The fraction of sp³-hybridized carbons (Fsp3) is 0.733. The first-order valence-corrected chi connectivity index (χ1v) is 7.80. The maximum Gasteiger partial charge on any atom is 0.157 e. The lowest BCUT2D eigenvalue weighted by atomic mass is 10.0. The summed E-state index contributed by atoms with van der Waals surface area (Å²) in [6, 6.07) is 0.612. The van der Waals surface area contributed by atoms with Crippen molar-refractivity contribution in [3.05, 3.63) is 6.33 Å². The maximum absolute atomic E-state index is 6.28. The van der Waals surface area contributed by atoms with Crippen molar-refractivity contribution in [3.8, 4) is 0 Å². The van der Waals surface area contributed by atoms with Gasteiger partial charge in [-0.1, -0.05) is 0 Å². The number of hydrogen-bond donors (Lipinski definition) is 2.